The number of aryl methyl sites for hydroxylation is 5. The highest BCUT2D eigenvalue weighted by atomic mass is 31.2. The van der Waals surface area contributed by atoms with E-state index in [9.17, 15) is 23.8 Å². The van der Waals surface area contributed by atoms with Crippen molar-refractivity contribution in [2.45, 2.75) is 180 Å². The second-order valence-electron chi connectivity index (χ2n) is 28.4. The molecule has 16 nitrogen and oxygen atoms in total. The Hall–Kier alpha value is -7.85. The molecule has 0 bridgehead atoms. The Morgan fingerprint density at radius 2 is 1.35 bits per heavy atom. The Labute approximate surface area is 571 Å². The van der Waals surface area contributed by atoms with Crippen molar-refractivity contribution in [3.05, 3.63) is 165 Å². The molecule has 0 radical (unpaired) electrons. The van der Waals surface area contributed by atoms with E-state index in [0.717, 1.165) is 144 Å². The highest BCUT2D eigenvalue weighted by molar-refractivity contribution is 7.47. The third-order valence-electron chi connectivity index (χ3n) is 21.1. The lowest BCUT2D eigenvalue weighted by molar-refractivity contribution is -0.401. The molecule has 0 spiro atoms. The van der Waals surface area contributed by atoms with Crippen LogP contribution >= 0.6 is 7.82 Å². The van der Waals surface area contributed by atoms with Crippen LogP contribution in [0, 0.1) is 6.92 Å². The molecule has 3 amide bonds. The minimum Gasteiger partial charge on any atom is -0.455 e. The van der Waals surface area contributed by atoms with E-state index in [1.807, 2.05) is 0 Å². The number of hydrogen-bond acceptors (Lipinski definition) is 11. The minimum atomic E-state index is -4.50. The number of unbranched alkanes of at least 4 members (excludes halogenated alkanes) is 6. The number of amides is 3. The van der Waals surface area contributed by atoms with Crippen LogP contribution in [0.2, 0.25) is 0 Å². The van der Waals surface area contributed by atoms with Crippen molar-refractivity contribution < 1.29 is 46.3 Å². The minimum absolute atomic E-state index is 0.0990. The number of hydrogen-bond donors (Lipinski definition) is 4. The summed E-state index contributed by atoms with van der Waals surface area (Å²) in [6.45, 7) is 17.2. The van der Waals surface area contributed by atoms with Gasteiger partial charge in [-0.05, 0) is 170 Å². The van der Waals surface area contributed by atoms with Gasteiger partial charge in [0.25, 0.3) is 5.91 Å². The molecule has 3 unspecified atom stereocenters. The van der Waals surface area contributed by atoms with E-state index >= 15 is 4.39 Å². The molecular formula is C79H99FN8O8P+. The summed E-state index contributed by atoms with van der Waals surface area (Å²) in [4.78, 5) is 64.2. The number of para-hydroxylation sites is 2. The summed E-state index contributed by atoms with van der Waals surface area (Å²) in [6, 6.07) is 25.7. The summed E-state index contributed by atoms with van der Waals surface area (Å²) in [7, 11) is -1.35. The maximum Gasteiger partial charge on any atom is 0.527 e. The van der Waals surface area contributed by atoms with Gasteiger partial charge < -0.3 is 39.6 Å². The highest BCUT2D eigenvalue weighted by Crippen LogP contribution is 2.49. The molecule has 514 valence electrons. The molecule has 6 aliphatic rings. The molecular weight excluding hydrogens is 1240 g/mol. The van der Waals surface area contributed by atoms with Gasteiger partial charge in [-0.15, -0.1) is 0 Å². The summed E-state index contributed by atoms with van der Waals surface area (Å²) < 4.78 is 46.8. The Morgan fingerprint density at radius 3 is 2.01 bits per heavy atom. The smallest absolute Gasteiger partial charge is 0.455 e. The molecule has 1 aromatic heterocycles. The van der Waals surface area contributed by atoms with Crippen LogP contribution in [0.15, 0.2) is 124 Å². The maximum absolute atomic E-state index is 15.6. The van der Waals surface area contributed by atoms with Crippen LogP contribution in [0.1, 0.15) is 175 Å². The molecule has 0 fully saturated rings. The first-order valence-electron chi connectivity index (χ1n) is 35.8. The van der Waals surface area contributed by atoms with Crippen LogP contribution in [-0.2, 0) is 60.0 Å². The number of anilines is 3. The molecule has 4 N–H and O–H groups in total. The monoisotopic (exact) mass is 1340 g/mol. The maximum atomic E-state index is 15.6. The van der Waals surface area contributed by atoms with Crippen LogP contribution in [0.3, 0.4) is 0 Å². The van der Waals surface area contributed by atoms with Crippen molar-refractivity contribution in [2.24, 2.45) is 4.99 Å². The average molecular weight is 1340 g/mol. The molecule has 0 aliphatic carbocycles. The SMILES string of the molecule is COP(=O)(O)Oc1ccc(C)cc1C(F)C(=O)NCCCCCCNC(=O)C(CCCCN=c1c2cc3c4c(c2oc2c5c6c(cc12)CCCN6CCC5)CCCN4CCC3)NC(=O)CCCCCN1C(=CC=CC=CC2=[N+](C)c3ccccc3C2(C)C)C(C)(C)c2ccccc21. The van der Waals surface area contributed by atoms with Gasteiger partial charge in [0.05, 0.1) is 10.8 Å². The third kappa shape index (κ3) is 14.8. The Bertz CT molecular complexity index is 4130. The van der Waals surface area contributed by atoms with Gasteiger partial charge >= 0.3 is 7.82 Å². The summed E-state index contributed by atoms with van der Waals surface area (Å²) in [5.74, 6) is -1.49. The number of halogens is 1. The number of benzene rings is 5. The predicted octanol–water partition coefficient (Wildman–Crippen LogP) is 14.5. The number of phosphoric ester groups is 1. The van der Waals surface area contributed by atoms with Crippen LogP contribution < -0.4 is 40.5 Å². The Kier molecular flexibility index (Phi) is 21.4. The summed E-state index contributed by atoms with van der Waals surface area (Å²) >= 11 is 0. The number of nitrogens with zero attached hydrogens (tertiary/aromatic N) is 5. The molecule has 0 saturated heterocycles. The fourth-order valence-corrected chi connectivity index (χ4v) is 16.6. The highest BCUT2D eigenvalue weighted by Gasteiger charge is 2.43. The zero-order chi connectivity index (χ0) is 68.0. The van der Waals surface area contributed by atoms with Crippen LogP contribution in [-0.4, -0.2) is 105 Å². The molecule has 7 heterocycles. The number of rotatable bonds is 28. The average Bonchev–Trinajstić information content (AvgIpc) is 1.65. The van der Waals surface area contributed by atoms with Crippen LogP contribution in [0.4, 0.5) is 27.1 Å². The number of nitrogens with one attached hydrogen (secondary N) is 3. The van der Waals surface area contributed by atoms with E-state index < -0.39 is 25.9 Å². The first kappa shape index (κ1) is 69.1. The molecule has 6 aromatic rings. The molecule has 97 heavy (non-hydrogen) atoms. The predicted molar refractivity (Wildman–Crippen MR) is 387 cm³/mol. The van der Waals surface area contributed by atoms with Crippen LogP contribution in [0.25, 0.3) is 21.9 Å². The molecule has 18 heteroatoms. The second-order valence-corrected chi connectivity index (χ2v) is 29.9. The molecule has 5 aromatic carbocycles. The first-order chi connectivity index (χ1) is 46.8. The molecule has 12 rings (SSSR count). The third-order valence-corrected chi connectivity index (χ3v) is 21.9. The van der Waals surface area contributed by atoms with E-state index in [-0.39, 0.29) is 40.5 Å². The lowest BCUT2D eigenvalue weighted by atomic mass is 9.81. The standard InChI is InChI=1S/C79H98FN8O8P/c1-53-40-41-66(96-97(92,93)94-7)58(50-53)70(80)77(91)83-44-21-9-8-20-43-82-76(90)63(34-19-22-42-81-71-59-51-54-28-24-45-86-47-26-30-56(72(54)86)74(59)95-75-57-31-27-48-87-46-25-29-55(73(57)87)52-60(71)75)84-69(89)39-14-11-23-49-88-65-36-18-16-33-62(65)79(4,5)68(88)38-13-10-12-37-67-78(2,3)61-32-15-17-35-64(61)85(67)6/h10,12-13,15-18,32-33,35-38,40-41,50-52,63,70H,8-9,11,14,19-31,34,39,42-49H2,1-7H3,(H3-,82,83,84,89,90,91,92,93)/p+1. The van der Waals surface area contributed by atoms with Gasteiger partial charge in [-0.25, -0.2) is 8.96 Å². The van der Waals surface area contributed by atoms with Gasteiger partial charge in [0.15, 0.2) is 5.71 Å². The van der Waals surface area contributed by atoms with Gasteiger partial charge in [0.2, 0.25) is 23.7 Å². The van der Waals surface area contributed by atoms with Gasteiger partial charge in [-0.3, -0.25) is 28.8 Å². The van der Waals surface area contributed by atoms with E-state index in [1.54, 1.807) is 13.0 Å². The van der Waals surface area contributed by atoms with Gasteiger partial charge in [-0.1, -0.05) is 99.4 Å². The van der Waals surface area contributed by atoms with Crippen LogP contribution in [0.5, 0.6) is 5.75 Å². The van der Waals surface area contributed by atoms with Crippen molar-refractivity contribution in [3.63, 3.8) is 0 Å². The molecule has 3 atom stereocenters. The number of carbonyl (C=O) groups is 3. The second kappa shape index (κ2) is 30.1. The molecule has 6 aliphatic heterocycles. The summed E-state index contributed by atoms with van der Waals surface area (Å²) in [6.07, 6.45) is 24.6. The topological polar surface area (TPSA) is 181 Å². The van der Waals surface area contributed by atoms with Gasteiger partial charge in [0, 0.05) is 139 Å². The van der Waals surface area contributed by atoms with Crippen molar-refractivity contribution in [2.75, 3.05) is 81.2 Å². The quantitative estimate of drug-likeness (QED) is 0.0121. The normalized spacial score (nSPS) is 18.3. The van der Waals surface area contributed by atoms with Crippen molar-refractivity contribution >= 4 is 75.9 Å². The van der Waals surface area contributed by atoms with Crippen molar-refractivity contribution in [1.82, 2.24) is 16.0 Å². The lowest BCUT2D eigenvalue weighted by Gasteiger charge is -2.38. The molecule has 0 saturated carbocycles. The van der Waals surface area contributed by atoms with Crippen molar-refractivity contribution in [1.29, 1.82) is 0 Å². The summed E-state index contributed by atoms with van der Waals surface area (Å²) in [5, 5.41) is 12.2. The number of fused-ring (bicyclic) bond motifs is 6. The van der Waals surface area contributed by atoms with E-state index in [1.165, 1.54) is 79.7 Å². The number of alkyl halides is 1. The van der Waals surface area contributed by atoms with E-state index in [2.05, 4.69) is 166 Å². The number of carbonyl (C=O) groups excluding carboxylic acids is 3. The fourth-order valence-electron chi connectivity index (χ4n) is 16.1. The van der Waals surface area contributed by atoms with Crippen molar-refractivity contribution in [3.8, 4) is 5.75 Å². The number of phosphoric acid groups is 1. The largest absolute Gasteiger partial charge is 0.527 e. The summed E-state index contributed by atoms with van der Waals surface area (Å²) in [5.41, 5.74) is 18.0. The fraction of sp³-hybridized carbons (Fsp3) is 0.481. The van der Waals surface area contributed by atoms with Gasteiger partial charge in [-0.2, -0.15) is 4.58 Å². The lowest BCUT2D eigenvalue weighted by Crippen LogP contribution is -2.47. The zero-order valence-electron chi connectivity index (χ0n) is 58.0. The Morgan fingerprint density at radius 1 is 0.732 bits per heavy atom. The van der Waals surface area contributed by atoms with E-state index in [0.29, 0.717) is 63.6 Å². The zero-order valence-corrected chi connectivity index (χ0v) is 58.9. The first-order valence-corrected chi connectivity index (χ1v) is 37.3. The van der Waals surface area contributed by atoms with E-state index in [4.69, 9.17) is 13.9 Å². The number of allylic oxidation sites excluding steroid dienone is 6. The van der Waals surface area contributed by atoms with Gasteiger partial charge in [0.1, 0.15) is 30.0 Å². The Balaban J connectivity index is 0.690.